The number of hydrogen-bond donors (Lipinski definition) is 2. The van der Waals surface area contributed by atoms with Crippen LogP contribution in [0.25, 0.3) is 0 Å². The molecule has 0 radical (unpaired) electrons. The Morgan fingerprint density at radius 2 is 1.95 bits per heavy atom. The second-order valence-corrected chi connectivity index (χ2v) is 5.70. The van der Waals surface area contributed by atoms with Crippen molar-refractivity contribution in [3.63, 3.8) is 0 Å². The lowest BCUT2D eigenvalue weighted by Crippen LogP contribution is -2.45. The molecular weight excluding hydrogens is 240 g/mol. The lowest BCUT2D eigenvalue weighted by molar-refractivity contribution is -0.0961. The van der Waals surface area contributed by atoms with Gasteiger partial charge in [0.05, 0.1) is 18.8 Å². The molecule has 1 aliphatic rings. The van der Waals surface area contributed by atoms with Crippen molar-refractivity contribution in [2.45, 2.75) is 57.2 Å². The molecule has 1 saturated carbocycles. The van der Waals surface area contributed by atoms with Crippen molar-refractivity contribution >= 4 is 0 Å². The second kappa shape index (κ2) is 5.93. The van der Waals surface area contributed by atoms with Crippen LogP contribution in [0.3, 0.4) is 0 Å². The number of aliphatic hydroxyl groups is 2. The minimum Gasteiger partial charge on any atom is -0.496 e. The highest BCUT2D eigenvalue weighted by Gasteiger charge is 2.37. The zero-order valence-corrected chi connectivity index (χ0v) is 11.9. The van der Waals surface area contributed by atoms with Crippen molar-refractivity contribution in [3.8, 4) is 5.75 Å². The Kier molecular flexibility index (Phi) is 4.48. The van der Waals surface area contributed by atoms with E-state index in [0.29, 0.717) is 19.3 Å². The van der Waals surface area contributed by atoms with E-state index < -0.39 is 11.7 Å². The van der Waals surface area contributed by atoms with Crippen molar-refractivity contribution in [2.75, 3.05) is 7.11 Å². The van der Waals surface area contributed by atoms with Crippen LogP contribution in [0.5, 0.6) is 5.75 Å². The second-order valence-electron chi connectivity index (χ2n) is 5.70. The molecular formula is C16H24O3. The fourth-order valence-electron chi connectivity index (χ4n) is 2.96. The first-order valence-corrected chi connectivity index (χ1v) is 7.09. The van der Waals surface area contributed by atoms with Gasteiger partial charge in [-0.1, -0.05) is 37.0 Å². The van der Waals surface area contributed by atoms with Gasteiger partial charge in [0.25, 0.3) is 0 Å². The topological polar surface area (TPSA) is 49.7 Å². The quantitative estimate of drug-likeness (QED) is 0.879. The Bertz CT molecular complexity index is 422. The average molecular weight is 264 g/mol. The summed E-state index contributed by atoms with van der Waals surface area (Å²) in [5.74, 6) is 0.782. The third kappa shape index (κ3) is 3.28. The van der Waals surface area contributed by atoms with Crippen molar-refractivity contribution in [1.29, 1.82) is 0 Å². The summed E-state index contributed by atoms with van der Waals surface area (Å²) >= 11 is 0. The normalized spacial score (nSPS) is 20.0. The Labute approximate surface area is 115 Å². The smallest absolute Gasteiger partial charge is 0.122 e. The van der Waals surface area contributed by atoms with Gasteiger partial charge in [0.1, 0.15) is 5.75 Å². The van der Waals surface area contributed by atoms with Gasteiger partial charge < -0.3 is 14.9 Å². The number of methoxy groups -OCH3 is 1. The van der Waals surface area contributed by atoms with Crippen LogP contribution in [0, 0.1) is 6.92 Å². The molecule has 1 aromatic carbocycles. The summed E-state index contributed by atoms with van der Waals surface area (Å²) in [5, 5.41) is 20.9. The molecule has 1 aromatic rings. The van der Waals surface area contributed by atoms with Crippen LogP contribution < -0.4 is 4.74 Å². The van der Waals surface area contributed by atoms with Gasteiger partial charge in [-0.2, -0.15) is 0 Å². The molecule has 0 amide bonds. The number of aryl methyl sites for hydroxylation is 1. The van der Waals surface area contributed by atoms with E-state index in [9.17, 15) is 10.2 Å². The molecule has 106 valence electrons. The molecule has 0 bridgehead atoms. The number of rotatable bonds is 4. The molecule has 3 nitrogen and oxygen atoms in total. The largest absolute Gasteiger partial charge is 0.496 e. The maximum atomic E-state index is 10.5. The number of benzene rings is 1. The van der Waals surface area contributed by atoms with Crippen LogP contribution >= 0.6 is 0 Å². The highest BCUT2D eigenvalue weighted by Crippen LogP contribution is 2.33. The Morgan fingerprint density at radius 3 is 2.58 bits per heavy atom. The van der Waals surface area contributed by atoms with Crippen LogP contribution in [0.15, 0.2) is 18.2 Å². The van der Waals surface area contributed by atoms with Crippen LogP contribution in [-0.2, 0) is 6.42 Å². The van der Waals surface area contributed by atoms with Gasteiger partial charge in [-0.3, -0.25) is 0 Å². The van der Waals surface area contributed by atoms with Gasteiger partial charge in [-0.15, -0.1) is 0 Å². The molecule has 0 heterocycles. The summed E-state index contributed by atoms with van der Waals surface area (Å²) in [6.07, 6.45) is 4.27. The highest BCUT2D eigenvalue weighted by atomic mass is 16.5. The average Bonchev–Trinajstić information content (AvgIpc) is 2.40. The molecule has 2 rings (SSSR count). The Morgan fingerprint density at radius 1 is 1.26 bits per heavy atom. The first kappa shape index (κ1) is 14.4. The zero-order chi connectivity index (χ0) is 13.9. The molecule has 1 atom stereocenters. The maximum Gasteiger partial charge on any atom is 0.122 e. The van der Waals surface area contributed by atoms with Gasteiger partial charge in [-0.25, -0.2) is 0 Å². The number of ether oxygens (including phenoxy) is 1. The predicted octanol–water partition coefficient (Wildman–Crippen LogP) is 2.60. The van der Waals surface area contributed by atoms with E-state index in [2.05, 4.69) is 0 Å². The molecule has 0 aromatic heterocycles. The number of hydrogen-bond acceptors (Lipinski definition) is 3. The Hall–Kier alpha value is -1.06. The predicted molar refractivity (Wildman–Crippen MR) is 75.5 cm³/mol. The molecule has 1 unspecified atom stereocenters. The van der Waals surface area contributed by atoms with Crippen molar-refractivity contribution in [1.82, 2.24) is 0 Å². The molecule has 3 heteroatoms. The summed E-state index contributed by atoms with van der Waals surface area (Å²) in [7, 11) is 1.63. The van der Waals surface area contributed by atoms with E-state index in [1.807, 2.05) is 25.1 Å². The van der Waals surface area contributed by atoms with E-state index in [1.165, 1.54) is 0 Å². The van der Waals surface area contributed by atoms with E-state index in [1.54, 1.807) is 7.11 Å². The van der Waals surface area contributed by atoms with Crippen LogP contribution in [0.1, 0.15) is 43.2 Å². The minimum atomic E-state index is -0.924. The highest BCUT2D eigenvalue weighted by molar-refractivity contribution is 5.37. The molecule has 0 aliphatic heterocycles. The summed E-state index contributed by atoms with van der Waals surface area (Å²) in [5.41, 5.74) is 1.18. The van der Waals surface area contributed by atoms with Gasteiger partial charge in [0.2, 0.25) is 0 Å². The lowest BCUT2D eigenvalue weighted by Gasteiger charge is -2.36. The fraction of sp³-hybridized carbons (Fsp3) is 0.625. The van der Waals surface area contributed by atoms with Gasteiger partial charge in [0.15, 0.2) is 0 Å². The number of aliphatic hydroxyl groups excluding tert-OH is 1. The maximum absolute atomic E-state index is 10.5. The first-order chi connectivity index (χ1) is 9.05. The molecule has 19 heavy (non-hydrogen) atoms. The van der Waals surface area contributed by atoms with Crippen molar-refractivity contribution < 1.29 is 14.9 Å². The van der Waals surface area contributed by atoms with E-state index in [4.69, 9.17) is 4.74 Å². The van der Waals surface area contributed by atoms with E-state index in [-0.39, 0.29) is 0 Å². The van der Waals surface area contributed by atoms with E-state index >= 15 is 0 Å². The van der Waals surface area contributed by atoms with Gasteiger partial charge in [-0.05, 0) is 31.4 Å². The molecule has 2 N–H and O–H groups in total. The summed E-state index contributed by atoms with van der Waals surface area (Å²) in [4.78, 5) is 0. The standard InChI is InChI=1S/C16H24O3/c1-12-6-7-14(19-2)13(10-12)11-15(17)16(18)8-4-3-5-9-16/h6-7,10,15,17-18H,3-5,8-9,11H2,1-2H3. The summed E-state index contributed by atoms with van der Waals surface area (Å²) in [6, 6.07) is 5.93. The lowest BCUT2D eigenvalue weighted by atomic mass is 9.79. The van der Waals surface area contributed by atoms with E-state index in [0.717, 1.165) is 36.1 Å². The third-order valence-electron chi connectivity index (χ3n) is 4.19. The minimum absolute atomic E-state index is 0.446. The fourth-order valence-corrected chi connectivity index (χ4v) is 2.96. The SMILES string of the molecule is COc1ccc(C)cc1CC(O)C1(O)CCCCC1. The van der Waals surface area contributed by atoms with Gasteiger partial charge in [0, 0.05) is 6.42 Å². The summed E-state index contributed by atoms with van der Waals surface area (Å²) < 4.78 is 5.33. The third-order valence-corrected chi connectivity index (χ3v) is 4.19. The monoisotopic (exact) mass is 264 g/mol. The molecule has 0 saturated heterocycles. The van der Waals surface area contributed by atoms with Crippen LogP contribution in [0.2, 0.25) is 0 Å². The van der Waals surface area contributed by atoms with Crippen molar-refractivity contribution in [3.05, 3.63) is 29.3 Å². The first-order valence-electron chi connectivity index (χ1n) is 7.09. The zero-order valence-electron chi connectivity index (χ0n) is 11.9. The molecule has 1 aliphatic carbocycles. The molecule has 0 spiro atoms. The van der Waals surface area contributed by atoms with Crippen LogP contribution in [0.4, 0.5) is 0 Å². The van der Waals surface area contributed by atoms with Crippen LogP contribution in [-0.4, -0.2) is 29.0 Å². The van der Waals surface area contributed by atoms with Gasteiger partial charge >= 0.3 is 0 Å². The van der Waals surface area contributed by atoms with Crippen molar-refractivity contribution in [2.24, 2.45) is 0 Å². The molecule has 1 fully saturated rings. The Balaban J connectivity index is 2.13. The summed E-state index contributed by atoms with van der Waals surface area (Å²) in [6.45, 7) is 2.02.